The summed E-state index contributed by atoms with van der Waals surface area (Å²) in [5, 5.41) is 0. The first-order valence-electron chi connectivity index (χ1n) is 5.95. The van der Waals surface area contributed by atoms with E-state index in [4.69, 9.17) is 19.9 Å². The summed E-state index contributed by atoms with van der Waals surface area (Å²) in [5.74, 6) is 0.645. The van der Waals surface area contributed by atoms with Crippen LogP contribution >= 0.6 is 0 Å². The second kappa shape index (κ2) is 5.97. The van der Waals surface area contributed by atoms with Gasteiger partial charge in [-0.25, -0.2) is 4.79 Å². The minimum atomic E-state index is -0.506. The third-order valence-electron chi connectivity index (χ3n) is 2.74. The van der Waals surface area contributed by atoms with Gasteiger partial charge in [-0.3, -0.25) is 0 Å². The van der Waals surface area contributed by atoms with Gasteiger partial charge in [0.1, 0.15) is 5.56 Å². The molecule has 2 aromatic carbocycles. The first-order valence-corrected chi connectivity index (χ1v) is 5.95. The average molecular weight is 273 g/mol. The SMILES string of the molecule is COC(=O)c1cccc(OC)c1Oc1ccccc1N. The zero-order valence-corrected chi connectivity index (χ0v) is 11.3. The van der Waals surface area contributed by atoms with Gasteiger partial charge in [0.25, 0.3) is 0 Å². The van der Waals surface area contributed by atoms with E-state index in [1.54, 1.807) is 42.5 Å². The van der Waals surface area contributed by atoms with Gasteiger partial charge in [-0.2, -0.15) is 0 Å². The van der Waals surface area contributed by atoms with E-state index in [1.807, 2.05) is 0 Å². The van der Waals surface area contributed by atoms with Crippen LogP contribution in [0.2, 0.25) is 0 Å². The molecular weight excluding hydrogens is 258 g/mol. The Labute approximate surface area is 116 Å². The Morgan fingerprint density at radius 3 is 2.35 bits per heavy atom. The van der Waals surface area contributed by atoms with E-state index in [0.29, 0.717) is 17.2 Å². The lowest BCUT2D eigenvalue weighted by Crippen LogP contribution is -2.05. The Balaban J connectivity index is 2.49. The number of esters is 1. The molecule has 0 aromatic heterocycles. The third kappa shape index (κ3) is 2.66. The van der Waals surface area contributed by atoms with Gasteiger partial charge in [0.05, 0.1) is 19.9 Å². The van der Waals surface area contributed by atoms with Gasteiger partial charge in [-0.1, -0.05) is 18.2 Å². The average Bonchev–Trinajstić information content (AvgIpc) is 2.49. The lowest BCUT2D eigenvalue weighted by molar-refractivity contribution is 0.0597. The van der Waals surface area contributed by atoms with Crippen molar-refractivity contribution in [1.29, 1.82) is 0 Å². The van der Waals surface area contributed by atoms with Crippen molar-refractivity contribution in [3.63, 3.8) is 0 Å². The molecule has 0 aliphatic heterocycles. The number of nitrogens with two attached hydrogens (primary N) is 1. The molecule has 0 fully saturated rings. The molecule has 20 heavy (non-hydrogen) atoms. The van der Waals surface area contributed by atoms with Crippen LogP contribution in [0.15, 0.2) is 42.5 Å². The summed E-state index contributed by atoms with van der Waals surface area (Å²) in [6, 6.07) is 12.0. The Morgan fingerprint density at radius 2 is 1.70 bits per heavy atom. The number of ether oxygens (including phenoxy) is 3. The number of anilines is 1. The predicted molar refractivity (Wildman–Crippen MR) is 75.3 cm³/mol. The summed E-state index contributed by atoms with van der Waals surface area (Å²) in [4.78, 5) is 11.8. The van der Waals surface area contributed by atoms with Crippen LogP contribution in [0.1, 0.15) is 10.4 Å². The minimum absolute atomic E-state index is 0.273. The zero-order valence-electron chi connectivity index (χ0n) is 11.3. The maximum atomic E-state index is 11.8. The van der Waals surface area contributed by atoms with E-state index >= 15 is 0 Å². The van der Waals surface area contributed by atoms with Crippen LogP contribution in [0.25, 0.3) is 0 Å². The van der Waals surface area contributed by atoms with E-state index in [-0.39, 0.29) is 11.3 Å². The summed E-state index contributed by atoms with van der Waals surface area (Å²) < 4.78 is 15.7. The van der Waals surface area contributed by atoms with E-state index < -0.39 is 5.97 Å². The van der Waals surface area contributed by atoms with Gasteiger partial charge in [-0.05, 0) is 24.3 Å². The molecule has 0 saturated carbocycles. The van der Waals surface area contributed by atoms with Crippen LogP contribution in [-0.2, 0) is 4.74 Å². The molecular formula is C15H15NO4. The number of rotatable bonds is 4. The maximum absolute atomic E-state index is 11.8. The molecule has 0 aliphatic carbocycles. The lowest BCUT2D eigenvalue weighted by Gasteiger charge is -2.14. The highest BCUT2D eigenvalue weighted by Gasteiger charge is 2.18. The van der Waals surface area contributed by atoms with Crippen molar-refractivity contribution in [2.24, 2.45) is 0 Å². The van der Waals surface area contributed by atoms with Gasteiger partial charge in [0.2, 0.25) is 0 Å². The molecule has 0 atom stereocenters. The van der Waals surface area contributed by atoms with Crippen molar-refractivity contribution in [3.8, 4) is 17.2 Å². The lowest BCUT2D eigenvalue weighted by atomic mass is 10.2. The summed E-state index contributed by atoms with van der Waals surface area (Å²) in [5.41, 5.74) is 6.58. The maximum Gasteiger partial charge on any atom is 0.341 e. The number of carbonyl (C=O) groups is 1. The van der Waals surface area contributed by atoms with Crippen LogP contribution in [0.5, 0.6) is 17.2 Å². The van der Waals surface area contributed by atoms with Crippen LogP contribution in [0, 0.1) is 0 Å². The van der Waals surface area contributed by atoms with Gasteiger partial charge in [0, 0.05) is 0 Å². The molecule has 0 unspecified atom stereocenters. The van der Waals surface area contributed by atoms with Crippen LogP contribution < -0.4 is 15.2 Å². The highest BCUT2D eigenvalue weighted by Crippen LogP contribution is 2.37. The first kappa shape index (κ1) is 13.7. The standard InChI is InChI=1S/C15H15NO4/c1-18-13-9-5-6-10(15(17)19-2)14(13)20-12-8-4-3-7-11(12)16/h3-9H,16H2,1-2H3. The van der Waals surface area contributed by atoms with E-state index in [0.717, 1.165) is 0 Å². The Morgan fingerprint density at radius 1 is 1.00 bits per heavy atom. The monoisotopic (exact) mass is 273 g/mol. The quantitative estimate of drug-likeness (QED) is 0.685. The van der Waals surface area contributed by atoms with E-state index in [9.17, 15) is 4.79 Å². The molecule has 5 nitrogen and oxygen atoms in total. The second-order valence-corrected chi connectivity index (χ2v) is 3.97. The molecule has 0 radical (unpaired) electrons. The van der Waals surface area contributed by atoms with E-state index in [1.165, 1.54) is 14.2 Å². The normalized spacial score (nSPS) is 9.90. The molecule has 0 heterocycles. The molecule has 2 rings (SSSR count). The Hall–Kier alpha value is -2.69. The van der Waals surface area contributed by atoms with Crippen molar-refractivity contribution in [2.45, 2.75) is 0 Å². The fourth-order valence-electron chi connectivity index (χ4n) is 1.74. The third-order valence-corrected chi connectivity index (χ3v) is 2.74. The topological polar surface area (TPSA) is 70.8 Å². The number of benzene rings is 2. The largest absolute Gasteiger partial charge is 0.493 e. The molecule has 0 spiro atoms. The molecule has 0 bridgehead atoms. The fraction of sp³-hybridized carbons (Fsp3) is 0.133. The minimum Gasteiger partial charge on any atom is -0.493 e. The highest BCUT2D eigenvalue weighted by atomic mass is 16.5. The van der Waals surface area contributed by atoms with E-state index in [2.05, 4.69) is 0 Å². The zero-order chi connectivity index (χ0) is 14.5. The molecule has 104 valence electrons. The van der Waals surface area contributed by atoms with Crippen molar-refractivity contribution in [3.05, 3.63) is 48.0 Å². The first-order chi connectivity index (χ1) is 9.67. The summed E-state index contributed by atoms with van der Waals surface area (Å²) in [7, 11) is 2.81. The van der Waals surface area contributed by atoms with Crippen LogP contribution in [0.4, 0.5) is 5.69 Å². The number of carbonyl (C=O) groups excluding carboxylic acids is 1. The Bertz CT molecular complexity index is 625. The van der Waals surface area contributed by atoms with Gasteiger partial charge < -0.3 is 19.9 Å². The number of para-hydroxylation sites is 3. The van der Waals surface area contributed by atoms with Crippen molar-refractivity contribution in [1.82, 2.24) is 0 Å². The predicted octanol–water partition coefficient (Wildman–Crippen LogP) is 2.86. The Kier molecular flexibility index (Phi) is 4.10. The summed E-state index contributed by atoms with van der Waals surface area (Å²) in [6.07, 6.45) is 0. The fourth-order valence-corrected chi connectivity index (χ4v) is 1.74. The molecule has 5 heteroatoms. The number of hydrogen-bond acceptors (Lipinski definition) is 5. The second-order valence-electron chi connectivity index (χ2n) is 3.97. The molecule has 0 aliphatic rings. The van der Waals surface area contributed by atoms with Gasteiger partial charge in [-0.15, -0.1) is 0 Å². The van der Waals surface area contributed by atoms with Gasteiger partial charge >= 0.3 is 5.97 Å². The molecule has 2 N–H and O–H groups in total. The molecule has 0 amide bonds. The number of nitrogen functional groups attached to an aromatic ring is 1. The number of methoxy groups -OCH3 is 2. The van der Waals surface area contributed by atoms with Crippen LogP contribution in [-0.4, -0.2) is 20.2 Å². The van der Waals surface area contributed by atoms with Crippen LogP contribution in [0.3, 0.4) is 0 Å². The summed E-state index contributed by atoms with van der Waals surface area (Å²) in [6.45, 7) is 0. The van der Waals surface area contributed by atoms with Crippen molar-refractivity contribution >= 4 is 11.7 Å². The smallest absolute Gasteiger partial charge is 0.341 e. The molecule has 2 aromatic rings. The van der Waals surface area contributed by atoms with Gasteiger partial charge in [0.15, 0.2) is 17.2 Å². The number of hydrogen-bond donors (Lipinski definition) is 1. The molecule has 0 saturated heterocycles. The highest BCUT2D eigenvalue weighted by molar-refractivity contribution is 5.93. The summed E-state index contributed by atoms with van der Waals surface area (Å²) >= 11 is 0. The van der Waals surface area contributed by atoms with Crippen molar-refractivity contribution in [2.75, 3.05) is 20.0 Å². The van der Waals surface area contributed by atoms with Crippen molar-refractivity contribution < 1.29 is 19.0 Å².